The first-order chi connectivity index (χ1) is 8.31. The van der Waals surface area contributed by atoms with E-state index in [1.807, 2.05) is 0 Å². The fourth-order valence-electron chi connectivity index (χ4n) is 3.16. The zero-order valence-electron chi connectivity index (χ0n) is 10.4. The molecule has 17 heavy (non-hydrogen) atoms. The molecule has 2 N–H and O–H groups in total. The van der Waals surface area contributed by atoms with Crippen LogP contribution >= 0.6 is 11.3 Å². The van der Waals surface area contributed by atoms with Crippen LogP contribution in [-0.2, 0) is 6.42 Å². The molecule has 94 valence electrons. The van der Waals surface area contributed by atoms with Crippen LogP contribution in [0.15, 0.2) is 5.38 Å². The molecule has 0 aliphatic carbocycles. The maximum Gasteiger partial charge on any atom is 0.0940 e. The molecule has 3 nitrogen and oxygen atoms in total. The van der Waals surface area contributed by atoms with Crippen LogP contribution in [0.5, 0.6) is 0 Å². The van der Waals surface area contributed by atoms with Crippen LogP contribution in [0.3, 0.4) is 0 Å². The predicted octanol–water partition coefficient (Wildman–Crippen LogP) is 1.72. The molecule has 3 heterocycles. The van der Waals surface area contributed by atoms with Crippen molar-refractivity contribution in [3.8, 4) is 0 Å². The molecule has 2 aliphatic heterocycles. The summed E-state index contributed by atoms with van der Waals surface area (Å²) in [6.45, 7) is 4.31. The van der Waals surface area contributed by atoms with Crippen LogP contribution in [0, 0.1) is 12.8 Å². The summed E-state index contributed by atoms with van der Waals surface area (Å²) in [7, 11) is 0. The number of aromatic nitrogens is 1. The average Bonchev–Trinajstić information content (AvgIpc) is 3.00. The van der Waals surface area contributed by atoms with Crippen molar-refractivity contribution in [3.05, 3.63) is 16.1 Å². The highest BCUT2D eigenvalue weighted by molar-refractivity contribution is 7.09. The van der Waals surface area contributed by atoms with Crippen LogP contribution < -0.4 is 10.6 Å². The SMILES string of the molecule is Cc1csc(CCNCC2CC3CCC2N3)n1. The first-order valence-corrected chi connectivity index (χ1v) is 7.57. The van der Waals surface area contributed by atoms with Crippen LogP contribution in [0.1, 0.15) is 30.0 Å². The summed E-state index contributed by atoms with van der Waals surface area (Å²) in [5.74, 6) is 0.867. The third-order valence-electron chi connectivity index (χ3n) is 4.02. The maximum absolute atomic E-state index is 4.48. The molecule has 3 unspecified atom stereocenters. The van der Waals surface area contributed by atoms with Gasteiger partial charge in [0.25, 0.3) is 0 Å². The van der Waals surface area contributed by atoms with E-state index in [2.05, 4.69) is 27.9 Å². The number of nitrogens with one attached hydrogen (secondary N) is 2. The van der Waals surface area contributed by atoms with Crippen molar-refractivity contribution < 1.29 is 0 Å². The summed E-state index contributed by atoms with van der Waals surface area (Å²) in [6.07, 6.45) is 5.25. The van der Waals surface area contributed by atoms with E-state index in [1.165, 1.54) is 30.8 Å². The molecule has 0 saturated carbocycles. The Balaban J connectivity index is 1.36. The second kappa shape index (κ2) is 5.04. The molecule has 1 aromatic rings. The number of hydrogen-bond donors (Lipinski definition) is 2. The smallest absolute Gasteiger partial charge is 0.0940 e. The lowest BCUT2D eigenvalue weighted by molar-refractivity contribution is 0.384. The minimum Gasteiger partial charge on any atom is -0.316 e. The highest BCUT2D eigenvalue weighted by Crippen LogP contribution is 2.32. The largest absolute Gasteiger partial charge is 0.316 e. The fourth-order valence-corrected chi connectivity index (χ4v) is 3.94. The van der Waals surface area contributed by atoms with E-state index in [0.29, 0.717) is 0 Å². The van der Waals surface area contributed by atoms with Gasteiger partial charge in [-0.2, -0.15) is 0 Å². The van der Waals surface area contributed by atoms with Crippen molar-refractivity contribution in [2.45, 2.75) is 44.7 Å². The van der Waals surface area contributed by atoms with Crippen molar-refractivity contribution >= 4 is 11.3 Å². The Labute approximate surface area is 107 Å². The van der Waals surface area contributed by atoms with Gasteiger partial charge in [-0.15, -0.1) is 11.3 Å². The van der Waals surface area contributed by atoms with Crippen molar-refractivity contribution in [3.63, 3.8) is 0 Å². The van der Waals surface area contributed by atoms with E-state index in [1.54, 1.807) is 11.3 Å². The van der Waals surface area contributed by atoms with Crippen LogP contribution in [-0.4, -0.2) is 30.2 Å². The summed E-state index contributed by atoms with van der Waals surface area (Å²) >= 11 is 1.78. The predicted molar refractivity (Wildman–Crippen MR) is 71.5 cm³/mol. The lowest BCUT2D eigenvalue weighted by Gasteiger charge is -2.20. The van der Waals surface area contributed by atoms with E-state index in [4.69, 9.17) is 0 Å². The molecule has 2 saturated heterocycles. The zero-order chi connectivity index (χ0) is 11.7. The summed E-state index contributed by atoms with van der Waals surface area (Å²) < 4.78 is 0. The van der Waals surface area contributed by atoms with Gasteiger partial charge in [-0.25, -0.2) is 4.98 Å². The number of rotatable bonds is 5. The highest BCUT2D eigenvalue weighted by Gasteiger charge is 2.38. The Morgan fingerprint density at radius 2 is 2.47 bits per heavy atom. The van der Waals surface area contributed by atoms with Crippen molar-refractivity contribution in [1.29, 1.82) is 0 Å². The lowest BCUT2D eigenvalue weighted by atomic mass is 9.89. The number of aryl methyl sites for hydroxylation is 1. The summed E-state index contributed by atoms with van der Waals surface area (Å²) in [5, 5.41) is 10.7. The van der Waals surface area contributed by atoms with E-state index < -0.39 is 0 Å². The average molecular weight is 251 g/mol. The summed E-state index contributed by atoms with van der Waals surface area (Å²) in [6, 6.07) is 1.63. The van der Waals surface area contributed by atoms with E-state index in [0.717, 1.165) is 36.7 Å². The first-order valence-electron chi connectivity index (χ1n) is 6.69. The van der Waals surface area contributed by atoms with Gasteiger partial charge in [0.1, 0.15) is 0 Å². The fraction of sp³-hybridized carbons (Fsp3) is 0.769. The molecular formula is C13H21N3S. The summed E-state index contributed by atoms with van der Waals surface area (Å²) in [5.41, 5.74) is 1.15. The molecule has 1 aromatic heterocycles. The number of hydrogen-bond acceptors (Lipinski definition) is 4. The normalized spacial score (nSPS) is 31.2. The molecule has 4 heteroatoms. The quantitative estimate of drug-likeness (QED) is 0.783. The van der Waals surface area contributed by atoms with Crippen molar-refractivity contribution in [1.82, 2.24) is 15.6 Å². The number of thiazole rings is 1. The van der Waals surface area contributed by atoms with Gasteiger partial charge in [0.05, 0.1) is 5.01 Å². The van der Waals surface area contributed by atoms with Crippen molar-refractivity contribution in [2.75, 3.05) is 13.1 Å². The second-order valence-electron chi connectivity index (χ2n) is 5.38. The Kier molecular flexibility index (Phi) is 3.45. The molecule has 2 fully saturated rings. The molecule has 0 spiro atoms. The topological polar surface area (TPSA) is 37.0 Å². The molecule has 3 rings (SSSR count). The van der Waals surface area contributed by atoms with Crippen molar-refractivity contribution in [2.24, 2.45) is 5.92 Å². The van der Waals surface area contributed by atoms with Gasteiger partial charge in [0.15, 0.2) is 0 Å². The molecule has 2 aliphatic rings. The van der Waals surface area contributed by atoms with Gasteiger partial charge in [-0.05, 0) is 38.6 Å². The van der Waals surface area contributed by atoms with Gasteiger partial charge < -0.3 is 10.6 Å². The monoisotopic (exact) mass is 251 g/mol. The second-order valence-corrected chi connectivity index (χ2v) is 6.32. The minimum absolute atomic E-state index is 0.801. The van der Waals surface area contributed by atoms with Gasteiger partial charge in [0.2, 0.25) is 0 Å². The molecular weight excluding hydrogens is 230 g/mol. The third kappa shape index (κ3) is 2.69. The maximum atomic E-state index is 4.48. The molecule has 0 radical (unpaired) electrons. The van der Waals surface area contributed by atoms with Gasteiger partial charge >= 0.3 is 0 Å². The van der Waals surface area contributed by atoms with Crippen LogP contribution in [0.4, 0.5) is 0 Å². The molecule has 3 atom stereocenters. The van der Waals surface area contributed by atoms with Crippen LogP contribution in [0.2, 0.25) is 0 Å². The Morgan fingerprint density at radius 1 is 1.53 bits per heavy atom. The Morgan fingerprint density at radius 3 is 3.12 bits per heavy atom. The standard InChI is InChI=1S/C13H21N3S/c1-9-8-17-13(15-9)4-5-14-7-10-6-11-2-3-12(10)16-11/h8,10-12,14,16H,2-7H2,1H3. The molecule has 2 bridgehead atoms. The van der Waals surface area contributed by atoms with Gasteiger partial charge in [0, 0.05) is 36.1 Å². The third-order valence-corrected chi connectivity index (χ3v) is 5.05. The van der Waals surface area contributed by atoms with Crippen LogP contribution in [0.25, 0.3) is 0 Å². The number of fused-ring (bicyclic) bond motifs is 2. The highest BCUT2D eigenvalue weighted by atomic mass is 32.1. The van der Waals surface area contributed by atoms with E-state index in [-0.39, 0.29) is 0 Å². The Hall–Kier alpha value is -0.450. The first kappa shape index (κ1) is 11.6. The number of nitrogens with zero attached hydrogens (tertiary/aromatic N) is 1. The lowest BCUT2D eigenvalue weighted by Crippen LogP contribution is -2.32. The van der Waals surface area contributed by atoms with E-state index in [9.17, 15) is 0 Å². The van der Waals surface area contributed by atoms with E-state index >= 15 is 0 Å². The molecule has 0 amide bonds. The molecule has 0 aromatic carbocycles. The Bertz CT molecular complexity index is 376. The summed E-state index contributed by atoms with van der Waals surface area (Å²) in [4.78, 5) is 4.48. The minimum atomic E-state index is 0.801. The van der Waals surface area contributed by atoms with Gasteiger partial charge in [-0.1, -0.05) is 0 Å². The van der Waals surface area contributed by atoms with Gasteiger partial charge in [-0.3, -0.25) is 0 Å². The zero-order valence-corrected chi connectivity index (χ0v) is 11.2.